The molecule has 0 spiro atoms. The van der Waals surface area contributed by atoms with Gasteiger partial charge in [0.05, 0.1) is 17.9 Å². The number of aromatic nitrogens is 2. The van der Waals surface area contributed by atoms with Gasteiger partial charge in [0, 0.05) is 6.20 Å². The van der Waals surface area contributed by atoms with Crippen molar-refractivity contribution in [1.29, 1.82) is 0 Å². The van der Waals surface area contributed by atoms with E-state index in [0.29, 0.717) is 22.1 Å². The average molecular weight is 305 g/mol. The Labute approximate surface area is 126 Å². The van der Waals surface area contributed by atoms with Crippen LogP contribution in [0, 0.1) is 6.92 Å². The van der Waals surface area contributed by atoms with Crippen molar-refractivity contribution < 1.29 is 13.9 Å². The number of carbonyl (C=O) groups excluding carboxylic acids is 1. The van der Waals surface area contributed by atoms with Gasteiger partial charge < -0.3 is 9.15 Å². The molecule has 6 heteroatoms. The number of ether oxygens (including phenoxy) is 1. The third-order valence-corrected chi connectivity index (χ3v) is 3.44. The van der Waals surface area contributed by atoms with Crippen molar-refractivity contribution in [2.75, 3.05) is 6.61 Å². The highest BCUT2D eigenvalue weighted by atomic mass is 35.5. The molecule has 3 rings (SSSR count). The van der Waals surface area contributed by atoms with Crippen molar-refractivity contribution in [3.05, 3.63) is 46.9 Å². The predicted molar refractivity (Wildman–Crippen MR) is 78.6 cm³/mol. The highest BCUT2D eigenvalue weighted by Gasteiger charge is 2.25. The molecule has 0 aliphatic carbocycles. The predicted octanol–water partition coefficient (Wildman–Crippen LogP) is 3.73. The maximum Gasteiger partial charge on any atom is 0.359 e. The number of halogens is 1. The summed E-state index contributed by atoms with van der Waals surface area (Å²) in [4.78, 5) is 16.6. The molecular formula is C15H13ClN2O3. The van der Waals surface area contributed by atoms with Crippen molar-refractivity contribution in [2.45, 2.75) is 13.8 Å². The van der Waals surface area contributed by atoms with E-state index in [0.717, 1.165) is 5.56 Å². The summed E-state index contributed by atoms with van der Waals surface area (Å²) in [5.74, 6) is -0.0964. The lowest BCUT2D eigenvalue weighted by molar-refractivity contribution is 0.0521. The maximum atomic E-state index is 12.2. The maximum absolute atomic E-state index is 12.2. The zero-order chi connectivity index (χ0) is 15.0. The molecule has 0 aliphatic heterocycles. The van der Waals surface area contributed by atoms with Crippen LogP contribution in [-0.2, 0) is 4.74 Å². The molecule has 0 unspecified atom stereocenters. The van der Waals surface area contributed by atoms with E-state index in [2.05, 4.69) is 4.98 Å². The topological polar surface area (TPSA) is 56.7 Å². The van der Waals surface area contributed by atoms with Gasteiger partial charge in [0.1, 0.15) is 11.3 Å². The molecule has 0 radical (unpaired) electrons. The molecule has 0 aliphatic rings. The van der Waals surface area contributed by atoms with E-state index >= 15 is 0 Å². The summed E-state index contributed by atoms with van der Waals surface area (Å²) in [6.07, 6.45) is 3.29. The number of aryl methyl sites for hydroxylation is 1. The summed E-state index contributed by atoms with van der Waals surface area (Å²) in [6.45, 7) is 3.94. The molecule has 0 N–H and O–H groups in total. The van der Waals surface area contributed by atoms with Gasteiger partial charge in [-0.25, -0.2) is 9.78 Å². The van der Waals surface area contributed by atoms with Crippen molar-refractivity contribution >= 4 is 23.2 Å². The van der Waals surface area contributed by atoms with Crippen molar-refractivity contribution in [1.82, 2.24) is 9.38 Å². The van der Waals surface area contributed by atoms with E-state index in [1.54, 1.807) is 17.4 Å². The summed E-state index contributed by atoms with van der Waals surface area (Å²) in [6, 6.07) is 5.42. The second-order valence-electron chi connectivity index (χ2n) is 4.51. The van der Waals surface area contributed by atoms with Gasteiger partial charge in [-0.05, 0) is 31.5 Å². The SMILES string of the molecule is CCOC(=O)c1nc2c(C)cccn2c1-c1occc1Cl. The zero-order valence-corrected chi connectivity index (χ0v) is 12.3. The number of rotatable bonds is 3. The Morgan fingerprint density at radius 2 is 2.29 bits per heavy atom. The Bertz CT molecular complexity index is 820. The first-order valence-corrected chi connectivity index (χ1v) is 6.89. The van der Waals surface area contributed by atoms with Crippen LogP contribution < -0.4 is 0 Å². The van der Waals surface area contributed by atoms with Crippen LogP contribution in [0.1, 0.15) is 23.0 Å². The van der Waals surface area contributed by atoms with Crippen molar-refractivity contribution in [2.24, 2.45) is 0 Å². The van der Waals surface area contributed by atoms with E-state index in [1.807, 2.05) is 25.3 Å². The van der Waals surface area contributed by atoms with Gasteiger partial charge in [0.25, 0.3) is 0 Å². The Hall–Kier alpha value is -2.27. The summed E-state index contributed by atoms with van der Waals surface area (Å²) < 4.78 is 12.3. The summed E-state index contributed by atoms with van der Waals surface area (Å²) in [7, 11) is 0. The van der Waals surface area contributed by atoms with Crippen LogP contribution in [0.4, 0.5) is 0 Å². The second-order valence-corrected chi connectivity index (χ2v) is 4.92. The molecule has 3 aromatic rings. The fourth-order valence-electron chi connectivity index (χ4n) is 2.23. The molecule has 5 nitrogen and oxygen atoms in total. The smallest absolute Gasteiger partial charge is 0.359 e. The van der Waals surface area contributed by atoms with Gasteiger partial charge in [-0.15, -0.1) is 0 Å². The standard InChI is InChI=1S/C15H13ClN2O3/c1-3-20-15(19)11-12(13-10(16)6-8-21-13)18-7-4-5-9(2)14(18)17-11/h4-8H,3H2,1-2H3. The van der Waals surface area contributed by atoms with E-state index in [1.165, 1.54) is 6.26 Å². The quantitative estimate of drug-likeness (QED) is 0.692. The lowest BCUT2D eigenvalue weighted by atomic mass is 10.2. The van der Waals surface area contributed by atoms with Gasteiger partial charge in [0.15, 0.2) is 11.5 Å². The van der Waals surface area contributed by atoms with Crippen molar-refractivity contribution in [3.63, 3.8) is 0 Å². The van der Waals surface area contributed by atoms with Gasteiger partial charge in [0.2, 0.25) is 0 Å². The monoisotopic (exact) mass is 304 g/mol. The van der Waals surface area contributed by atoms with Gasteiger partial charge in [-0.1, -0.05) is 17.7 Å². The molecule has 3 aromatic heterocycles. The molecule has 108 valence electrons. The molecule has 0 bridgehead atoms. The second kappa shape index (κ2) is 5.26. The molecule has 0 saturated heterocycles. The summed E-state index contributed by atoms with van der Waals surface area (Å²) in [5, 5.41) is 0.420. The van der Waals surface area contributed by atoms with Crippen LogP contribution in [-0.4, -0.2) is 22.0 Å². The minimum Gasteiger partial charge on any atom is -0.461 e. The zero-order valence-electron chi connectivity index (χ0n) is 11.6. The Kier molecular flexibility index (Phi) is 3.43. The fraction of sp³-hybridized carbons (Fsp3) is 0.200. The third-order valence-electron chi connectivity index (χ3n) is 3.15. The number of imidazole rings is 1. The number of nitrogens with zero attached hydrogens (tertiary/aromatic N) is 2. The highest BCUT2D eigenvalue weighted by molar-refractivity contribution is 6.33. The number of carbonyl (C=O) groups is 1. The van der Waals surface area contributed by atoms with Gasteiger partial charge in [-0.2, -0.15) is 0 Å². The molecule has 0 aromatic carbocycles. The Morgan fingerprint density at radius 1 is 1.48 bits per heavy atom. The number of hydrogen-bond acceptors (Lipinski definition) is 4. The molecule has 0 saturated carbocycles. The first-order chi connectivity index (χ1) is 10.1. The highest BCUT2D eigenvalue weighted by Crippen LogP contribution is 2.33. The number of fused-ring (bicyclic) bond motifs is 1. The van der Waals surface area contributed by atoms with Crippen LogP contribution in [0.5, 0.6) is 0 Å². The molecule has 0 atom stereocenters. The van der Waals surface area contributed by atoms with Crippen LogP contribution in [0.3, 0.4) is 0 Å². The van der Waals surface area contributed by atoms with Crippen LogP contribution in [0.15, 0.2) is 35.1 Å². The van der Waals surface area contributed by atoms with Crippen LogP contribution in [0.2, 0.25) is 5.02 Å². The lowest BCUT2D eigenvalue weighted by Crippen LogP contribution is -2.07. The Balaban J connectivity index is 2.34. The Morgan fingerprint density at radius 3 is 2.95 bits per heavy atom. The molecule has 3 heterocycles. The van der Waals surface area contributed by atoms with E-state index in [4.69, 9.17) is 20.8 Å². The largest absolute Gasteiger partial charge is 0.461 e. The molecule has 0 fully saturated rings. The first-order valence-electron chi connectivity index (χ1n) is 6.51. The van der Waals surface area contributed by atoms with Gasteiger partial charge >= 0.3 is 5.97 Å². The number of furan rings is 1. The van der Waals surface area contributed by atoms with E-state index < -0.39 is 5.97 Å². The number of esters is 1. The first kappa shape index (κ1) is 13.7. The normalized spacial score (nSPS) is 11.0. The molecular weight excluding hydrogens is 292 g/mol. The lowest BCUT2D eigenvalue weighted by Gasteiger charge is -2.03. The summed E-state index contributed by atoms with van der Waals surface area (Å²) >= 11 is 6.14. The van der Waals surface area contributed by atoms with E-state index in [9.17, 15) is 4.79 Å². The third kappa shape index (κ3) is 2.19. The molecule has 0 amide bonds. The van der Waals surface area contributed by atoms with Crippen molar-refractivity contribution in [3.8, 4) is 11.5 Å². The number of hydrogen-bond donors (Lipinski definition) is 0. The summed E-state index contributed by atoms with van der Waals surface area (Å²) in [5.41, 5.74) is 2.31. The van der Waals surface area contributed by atoms with E-state index in [-0.39, 0.29) is 12.3 Å². The minimum absolute atomic E-state index is 0.197. The number of pyridine rings is 1. The average Bonchev–Trinajstić information content (AvgIpc) is 3.03. The molecule has 21 heavy (non-hydrogen) atoms. The van der Waals surface area contributed by atoms with Crippen LogP contribution >= 0.6 is 11.6 Å². The van der Waals surface area contributed by atoms with Crippen LogP contribution in [0.25, 0.3) is 17.1 Å². The van der Waals surface area contributed by atoms with Gasteiger partial charge in [-0.3, -0.25) is 4.40 Å². The fourth-order valence-corrected chi connectivity index (χ4v) is 2.41. The minimum atomic E-state index is -0.497.